The fraction of sp³-hybridized carbons (Fsp3) is 0.789. The van der Waals surface area contributed by atoms with E-state index >= 15 is 0 Å². The van der Waals surface area contributed by atoms with E-state index in [2.05, 4.69) is 32.7 Å². The molecule has 1 aromatic heterocycles. The molecule has 0 spiro atoms. The Balaban J connectivity index is 0.00000196. The van der Waals surface area contributed by atoms with Crippen molar-refractivity contribution in [2.75, 3.05) is 19.6 Å². The van der Waals surface area contributed by atoms with Gasteiger partial charge in [-0.3, -0.25) is 9.89 Å². The summed E-state index contributed by atoms with van der Waals surface area (Å²) in [5.41, 5.74) is 2.76. The molecule has 3 aliphatic rings. The monoisotopic (exact) mass is 381 g/mol. The van der Waals surface area contributed by atoms with Crippen LogP contribution < -0.4 is 10.6 Å². The average molecular weight is 382 g/mol. The van der Waals surface area contributed by atoms with Gasteiger partial charge in [0, 0.05) is 42.9 Å². The van der Waals surface area contributed by atoms with Crippen LogP contribution in [0, 0.1) is 5.92 Å². The minimum absolute atomic E-state index is 0. The summed E-state index contributed by atoms with van der Waals surface area (Å²) < 4.78 is 0. The molecule has 1 aromatic rings. The maximum Gasteiger partial charge on any atom is 0.272 e. The molecule has 1 aliphatic carbocycles. The van der Waals surface area contributed by atoms with Gasteiger partial charge >= 0.3 is 0 Å². The Labute approximate surface area is 162 Å². The number of hydrogen-bond donors (Lipinski definition) is 3. The normalized spacial score (nSPS) is 27.4. The predicted molar refractivity (Wildman–Crippen MR) is 105 cm³/mol. The molecule has 0 bridgehead atoms. The van der Waals surface area contributed by atoms with Gasteiger partial charge in [0.25, 0.3) is 5.91 Å². The summed E-state index contributed by atoms with van der Waals surface area (Å²) >= 11 is 0. The van der Waals surface area contributed by atoms with Gasteiger partial charge in [-0.2, -0.15) is 5.10 Å². The number of amides is 1. The number of nitrogens with one attached hydrogen (secondary N) is 3. The Morgan fingerprint density at radius 3 is 2.62 bits per heavy atom. The van der Waals surface area contributed by atoms with E-state index in [1.807, 2.05) is 0 Å². The summed E-state index contributed by atoms with van der Waals surface area (Å²) in [6.45, 7) is 6.59. The zero-order valence-corrected chi connectivity index (χ0v) is 16.5. The minimum Gasteiger partial charge on any atom is -0.348 e. The number of carbonyl (C=O) groups excluding carboxylic acids is 1. The number of piperidine rings is 1. The molecule has 4 rings (SSSR count). The lowest BCUT2D eigenvalue weighted by Gasteiger charge is -2.40. The third kappa shape index (κ3) is 4.24. The van der Waals surface area contributed by atoms with Crippen molar-refractivity contribution in [1.82, 2.24) is 25.7 Å². The second-order valence-electron chi connectivity index (χ2n) is 8.15. The van der Waals surface area contributed by atoms with Gasteiger partial charge in [0.15, 0.2) is 5.69 Å². The first-order valence-corrected chi connectivity index (χ1v) is 10.0. The molecule has 2 fully saturated rings. The highest BCUT2D eigenvalue weighted by molar-refractivity contribution is 5.94. The molecule has 1 amide bonds. The molecule has 1 saturated heterocycles. The molecule has 0 aromatic carbocycles. The first-order valence-electron chi connectivity index (χ1n) is 10.0. The van der Waals surface area contributed by atoms with Crippen molar-refractivity contribution in [1.29, 1.82) is 0 Å². The molecule has 26 heavy (non-hydrogen) atoms. The Bertz CT molecular complexity index is 603. The summed E-state index contributed by atoms with van der Waals surface area (Å²) in [6.07, 6.45) is 8.21. The van der Waals surface area contributed by atoms with Crippen LogP contribution in [-0.4, -0.2) is 52.7 Å². The van der Waals surface area contributed by atoms with E-state index in [1.165, 1.54) is 38.8 Å². The van der Waals surface area contributed by atoms with Gasteiger partial charge in [-0.15, -0.1) is 12.4 Å². The molecule has 0 radical (unpaired) electrons. The maximum absolute atomic E-state index is 12.6. The predicted octanol–water partition coefficient (Wildman–Crippen LogP) is 2.25. The molecule has 0 atom stereocenters. The van der Waals surface area contributed by atoms with E-state index < -0.39 is 0 Å². The average Bonchev–Trinajstić information content (AvgIpc) is 3.07. The van der Waals surface area contributed by atoms with Crippen LogP contribution in [-0.2, 0) is 13.0 Å². The Hall–Kier alpha value is -1.11. The molecule has 2 aliphatic heterocycles. The van der Waals surface area contributed by atoms with Gasteiger partial charge < -0.3 is 15.5 Å². The van der Waals surface area contributed by atoms with Crippen molar-refractivity contribution in [3.05, 3.63) is 17.0 Å². The Kier molecular flexibility index (Phi) is 6.59. The van der Waals surface area contributed by atoms with Crippen molar-refractivity contribution in [3.8, 4) is 0 Å². The van der Waals surface area contributed by atoms with Crippen LogP contribution in [0.3, 0.4) is 0 Å². The number of nitrogens with zero attached hydrogens (tertiary/aromatic N) is 2. The van der Waals surface area contributed by atoms with Gasteiger partial charge in [0.05, 0.1) is 0 Å². The third-order valence-corrected chi connectivity index (χ3v) is 6.39. The van der Waals surface area contributed by atoms with E-state index in [0.717, 1.165) is 55.6 Å². The first kappa shape index (κ1) is 19.6. The molecule has 1 saturated carbocycles. The van der Waals surface area contributed by atoms with Crippen molar-refractivity contribution in [2.45, 2.75) is 70.5 Å². The highest BCUT2D eigenvalue weighted by Gasteiger charge is 2.30. The fourth-order valence-electron chi connectivity index (χ4n) is 4.65. The third-order valence-electron chi connectivity index (χ3n) is 6.39. The van der Waals surface area contributed by atoms with Crippen LogP contribution in [0.5, 0.6) is 0 Å². The number of fused-ring (bicyclic) bond motifs is 1. The minimum atomic E-state index is -0.00329. The lowest BCUT2D eigenvalue weighted by atomic mass is 9.88. The van der Waals surface area contributed by atoms with Crippen LogP contribution >= 0.6 is 12.4 Å². The van der Waals surface area contributed by atoms with Crippen molar-refractivity contribution in [2.24, 2.45) is 5.92 Å². The largest absolute Gasteiger partial charge is 0.348 e. The maximum atomic E-state index is 12.6. The van der Waals surface area contributed by atoms with Crippen LogP contribution in [0.4, 0.5) is 0 Å². The van der Waals surface area contributed by atoms with E-state index in [1.54, 1.807) is 0 Å². The van der Waals surface area contributed by atoms with Gasteiger partial charge in [0.2, 0.25) is 0 Å². The van der Waals surface area contributed by atoms with Crippen molar-refractivity contribution >= 4 is 18.3 Å². The zero-order valence-electron chi connectivity index (χ0n) is 15.7. The molecule has 146 valence electrons. The quantitative estimate of drug-likeness (QED) is 0.750. The summed E-state index contributed by atoms with van der Waals surface area (Å²) in [6, 6.07) is 1.03. The topological polar surface area (TPSA) is 73.0 Å². The summed E-state index contributed by atoms with van der Waals surface area (Å²) in [7, 11) is 0. The number of carbonyl (C=O) groups is 1. The second-order valence-corrected chi connectivity index (χ2v) is 8.15. The molecule has 6 nitrogen and oxygen atoms in total. The van der Waals surface area contributed by atoms with Crippen LogP contribution in [0.2, 0.25) is 0 Å². The van der Waals surface area contributed by atoms with Crippen LogP contribution in [0.15, 0.2) is 0 Å². The molecular weight excluding hydrogens is 350 g/mol. The smallest absolute Gasteiger partial charge is 0.272 e. The van der Waals surface area contributed by atoms with Crippen molar-refractivity contribution in [3.63, 3.8) is 0 Å². The molecule has 7 heteroatoms. The van der Waals surface area contributed by atoms with Gasteiger partial charge in [0.1, 0.15) is 0 Å². The van der Waals surface area contributed by atoms with Crippen molar-refractivity contribution < 1.29 is 4.79 Å². The summed E-state index contributed by atoms with van der Waals surface area (Å²) in [5.74, 6) is 0.887. The van der Waals surface area contributed by atoms with E-state index in [9.17, 15) is 4.79 Å². The highest BCUT2D eigenvalue weighted by Crippen LogP contribution is 2.27. The van der Waals surface area contributed by atoms with E-state index in [-0.39, 0.29) is 18.3 Å². The number of likely N-dealkylation sites (tertiary alicyclic amines) is 1. The molecule has 3 N–H and O–H groups in total. The lowest BCUT2D eigenvalue weighted by molar-refractivity contribution is 0.0855. The van der Waals surface area contributed by atoms with E-state index in [0.29, 0.717) is 11.7 Å². The fourth-order valence-corrected chi connectivity index (χ4v) is 4.65. The van der Waals surface area contributed by atoms with Gasteiger partial charge in [-0.05, 0) is 57.5 Å². The Morgan fingerprint density at radius 1 is 1.15 bits per heavy atom. The van der Waals surface area contributed by atoms with Crippen LogP contribution in [0.1, 0.15) is 67.2 Å². The number of aromatic amines is 1. The SMILES string of the molecule is CC1CCN(C2CCC(NC(=O)c3n[nH]c4c3CNCC4)CC2)CC1.Cl. The summed E-state index contributed by atoms with van der Waals surface area (Å²) in [5, 5.41) is 13.9. The molecule has 0 unspecified atom stereocenters. The number of H-pyrrole nitrogens is 1. The number of halogens is 1. The lowest BCUT2D eigenvalue weighted by Crippen LogP contribution is -2.46. The summed E-state index contributed by atoms with van der Waals surface area (Å²) in [4.78, 5) is 15.3. The standard InChI is InChI=1S/C19H31N5O.ClH/c1-13-7-10-24(11-8-13)15-4-2-14(3-5-15)21-19(25)18-16-12-20-9-6-17(16)22-23-18;/h13-15,20H,2-12H2,1H3,(H,21,25)(H,22,23);1H. The Morgan fingerprint density at radius 2 is 1.88 bits per heavy atom. The zero-order chi connectivity index (χ0) is 17.2. The molecular formula is C19H32ClN5O. The number of rotatable bonds is 3. The molecule has 3 heterocycles. The number of hydrogen-bond acceptors (Lipinski definition) is 4. The van der Waals surface area contributed by atoms with Crippen LogP contribution in [0.25, 0.3) is 0 Å². The van der Waals surface area contributed by atoms with Gasteiger partial charge in [-0.1, -0.05) is 6.92 Å². The first-order chi connectivity index (χ1) is 12.2. The second kappa shape index (κ2) is 8.72. The van der Waals surface area contributed by atoms with Gasteiger partial charge in [-0.25, -0.2) is 0 Å². The number of aromatic nitrogens is 2. The van der Waals surface area contributed by atoms with E-state index in [4.69, 9.17) is 0 Å². The highest BCUT2D eigenvalue weighted by atomic mass is 35.5.